The van der Waals surface area contributed by atoms with Crippen molar-refractivity contribution in [3.63, 3.8) is 0 Å². The van der Waals surface area contributed by atoms with Crippen molar-refractivity contribution in [2.75, 3.05) is 33.4 Å². The van der Waals surface area contributed by atoms with E-state index in [0.717, 1.165) is 32.7 Å². The van der Waals surface area contributed by atoms with Crippen LogP contribution in [0.2, 0.25) is 0 Å². The topological polar surface area (TPSA) is 32.8 Å². The lowest BCUT2D eigenvalue weighted by Crippen LogP contribution is -2.49. The highest BCUT2D eigenvalue weighted by molar-refractivity contribution is 5.46. The van der Waals surface area contributed by atoms with Gasteiger partial charge in [0, 0.05) is 20.1 Å². The molecule has 1 rings (SSSR count). The van der Waals surface area contributed by atoms with Gasteiger partial charge in [0.15, 0.2) is 0 Å². The number of amides is 1. The van der Waals surface area contributed by atoms with Gasteiger partial charge in [0.05, 0.1) is 19.4 Å². The van der Waals surface area contributed by atoms with Crippen LogP contribution in [-0.4, -0.2) is 55.7 Å². The molecule has 12 heavy (non-hydrogen) atoms. The summed E-state index contributed by atoms with van der Waals surface area (Å²) < 4.78 is 5.21. The first-order chi connectivity index (χ1) is 5.75. The van der Waals surface area contributed by atoms with E-state index in [1.54, 1.807) is 11.9 Å². The van der Waals surface area contributed by atoms with E-state index in [1.807, 2.05) is 6.92 Å². The number of hydrogen-bond acceptors (Lipinski definition) is 3. The van der Waals surface area contributed by atoms with E-state index in [9.17, 15) is 4.79 Å². The standard InChI is InChI=1S/C8H16N2O2/c1-8(9(2)7-11)10-3-5-12-6-4-10/h7-8H,3-6H2,1-2H3. The molecule has 0 aromatic rings. The molecule has 0 aromatic heterocycles. The van der Waals surface area contributed by atoms with Crippen LogP contribution in [0.3, 0.4) is 0 Å². The third-order valence-electron chi connectivity index (χ3n) is 2.33. The second-order valence-corrected chi connectivity index (χ2v) is 3.05. The fourth-order valence-electron chi connectivity index (χ4n) is 1.30. The van der Waals surface area contributed by atoms with Crippen molar-refractivity contribution in [1.29, 1.82) is 0 Å². The Kier molecular flexibility index (Phi) is 3.49. The molecule has 0 aliphatic carbocycles. The summed E-state index contributed by atoms with van der Waals surface area (Å²) in [7, 11) is 1.80. The molecule has 0 bridgehead atoms. The van der Waals surface area contributed by atoms with Crippen molar-refractivity contribution in [2.45, 2.75) is 13.1 Å². The molecular formula is C8H16N2O2. The largest absolute Gasteiger partial charge is 0.379 e. The fraction of sp³-hybridized carbons (Fsp3) is 0.875. The van der Waals surface area contributed by atoms with Crippen LogP contribution in [0.4, 0.5) is 0 Å². The van der Waals surface area contributed by atoms with Gasteiger partial charge in [-0.2, -0.15) is 0 Å². The Bertz CT molecular complexity index is 146. The number of hydrogen-bond donors (Lipinski definition) is 0. The van der Waals surface area contributed by atoms with Gasteiger partial charge in [0.2, 0.25) is 6.41 Å². The number of nitrogens with zero attached hydrogens (tertiary/aromatic N) is 2. The molecule has 1 heterocycles. The number of carbonyl (C=O) groups is 1. The quantitative estimate of drug-likeness (QED) is 0.550. The number of morpholine rings is 1. The highest BCUT2D eigenvalue weighted by Gasteiger charge is 2.18. The molecule has 1 aliphatic rings. The van der Waals surface area contributed by atoms with E-state index < -0.39 is 0 Å². The van der Waals surface area contributed by atoms with Crippen molar-refractivity contribution >= 4 is 6.41 Å². The molecule has 4 nitrogen and oxygen atoms in total. The zero-order valence-corrected chi connectivity index (χ0v) is 7.69. The van der Waals surface area contributed by atoms with Crippen LogP contribution in [0.5, 0.6) is 0 Å². The minimum atomic E-state index is 0.186. The van der Waals surface area contributed by atoms with Crippen LogP contribution in [0, 0.1) is 0 Å². The molecule has 1 unspecified atom stereocenters. The molecule has 0 N–H and O–H groups in total. The minimum absolute atomic E-state index is 0.186. The number of rotatable bonds is 3. The van der Waals surface area contributed by atoms with E-state index in [1.165, 1.54) is 0 Å². The molecule has 4 heteroatoms. The average Bonchev–Trinajstić information content (AvgIpc) is 2.17. The van der Waals surface area contributed by atoms with Crippen molar-refractivity contribution < 1.29 is 9.53 Å². The van der Waals surface area contributed by atoms with Gasteiger partial charge in [-0.25, -0.2) is 0 Å². The van der Waals surface area contributed by atoms with Gasteiger partial charge in [0.25, 0.3) is 0 Å². The second kappa shape index (κ2) is 4.42. The van der Waals surface area contributed by atoms with Gasteiger partial charge in [-0.05, 0) is 6.92 Å². The highest BCUT2D eigenvalue weighted by Crippen LogP contribution is 2.04. The maximum absolute atomic E-state index is 10.5. The zero-order chi connectivity index (χ0) is 8.97. The summed E-state index contributed by atoms with van der Waals surface area (Å²) in [5.74, 6) is 0. The Morgan fingerprint density at radius 1 is 1.50 bits per heavy atom. The Morgan fingerprint density at radius 2 is 2.08 bits per heavy atom. The lowest BCUT2D eigenvalue weighted by molar-refractivity contribution is -0.123. The summed E-state index contributed by atoms with van der Waals surface area (Å²) in [6.07, 6.45) is 1.05. The van der Waals surface area contributed by atoms with E-state index >= 15 is 0 Å². The Labute approximate surface area is 73.1 Å². The summed E-state index contributed by atoms with van der Waals surface area (Å²) in [5.41, 5.74) is 0. The molecule has 1 aliphatic heterocycles. The summed E-state index contributed by atoms with van der Waals surface area (Å²) in [6.45, 7) is 5.41. The summed E-state index contributed by atoms with van der Waals surface area (Å²) >= 11 is 0. The first kappa shape index (κ1) is 9.48. The van der Waals surface area contributed by atoms with Gasteiger partial charge >= 0.3 is 0 Å². The predicted molar refractivity (Wildman–Crippen MR) is 45.7 cm³/mol. The highest BCUT2D eigenvalue weighted by atomic mass is 16.5. The van der Waals surface area contributed by atoms with E-state index in [-0.39, 0.29) is 6.17 Å². The lowest BCUT2D eigenvalue weighted by Gasteiger charge is -2.35. The lowest BCUT2D eigenvalue weighted by atomic mass is 10.3. The first-order valence-corrected chi connectivity index (χ1v) is 4.24. The third-order valence-corrected chi connectivity index (χ3v) is 2.33. The molecule has 70 valence electrons. The van der Waals surface area contributed by atoms with Crippen LogP contribution >= 0.6 is 0 Å². The fourth-order valence-corrected chi connectivity index (χ4v) is 1.30. The Hall–Kier alpha value is -0.610. The van der Waals surface area contributed by atoms with Crippen molar-refractivity contribution in [3.05, 3.63) is 0 Å². The SMILES string of the molecule is CC(N(C)C=O)N1CCOCC1. The Balaban J connectivity index is 2.38. The number of carbonyl (C=O) groups excluding carboxylic acids is 1. The van der Waals surface area contributed by atoms with Crippen molar-refractivity contribution in [3.8, 4) is 0 Å². The molecule has 1 amide bonds. The third kappa shape index (κ3) is 2.19. The van der Waals surface area contributed by atoms with Gasteiger partial charge in [-0.15, -0.1) is 0 Å². The summed E-state index contributed by atoms with van der Waals surface area (Å²) in [4.78, 5) is 14.4. The van der Waals surface area contributed by atoms with Gasteiger partial charge in [-0.1, -0.05) is 0 Å². The minimum Gasteiger partial charge on any atom is -0.379 e. The van der Waals surface area contributed by atoms with E-state index in [0.29, 0.717) is 0 Å². The first-order valence-electron chi connectivity index (χ1n) is 4.24. The summed E-state index contributed by atoms with van der Waals surface area (Å²) in [6, 6.07) is 0. The molecule has 1 atom stereocenters. The van der Waals surface area contributed by atoms with E-state index in [4.69, 9.17) is 4.74 Å². The van der Waals surface area contributed by atoms with E-state index in [2.05, 4.69) is 4.90 Å². The predicted octanol–water partition coefficient (Wildman–Crippen LogP) is -0.247. The molecule has 1 saturated heterocycles. The molecular weight excluding hydrogens is 156 g/mol. The van der Waals surface area contributed by atoms with Crippen LogP contribution < -0.4 is 0 Å². The molecule has 0 spiro atoms. The Morgan fingerprint density at radius 3 is 2.58 bits per heavy atom. The maximum Gasteiger partial charge on any atom is 0.210 e. The summed E-state index contributed by atoms with van der Waals surface area (Å²) in [5, 5.41) is 0. The maximum atomic E-state index is 10.5. The zero-order valence-electron chi connectivity index (χ0n) is 7.69. The van der Waals surface area contributed by atoms with Gasteiger partial charge < -0.3 is 9.64 Å². The van der Waals surface area contributed by atoms with Gasteiger partial charge in [0.1, 0.15) is 0 Å². The van der Waals surface area contributed by atoms with Crippen molar-refractivity contribution in [2.24, 2.45) is 0 Å². The average molecular weight is 172 g/mol. The molecule has 1 fully saturated rings. The van der Waals surface area contributed by atoms with Crippen LogP contribution in [0.15, 0.2) is 0 Å². The van der Waals surface area contributed by atoms with Crippen LogP contribution in [0.1, 0.15) is 6.92 Å². The molecule has 0 radical (unpaired) electrons. The van der Waals surface area contributed by atoms with Gasteiger partial charge in [-0.3, -0.25) is 9.69 Å². The number of ether oxygens (including phenoxy) is 1. The smallest absolute Gasteiger partial charge is 0.210 e. The van der Waals surface area contributed by atoms with Crippen LogP contribution in [0.25, 0.3) is 0 Å². The molecule has 0 aromatic carbocycles. The van der Waals surface area contributed by atoms with Crippen molar-refractivity contribution in [1.82, 2.24) is 9.80 Å². The second-order valence-electron chi connectivity index (χ2n) is 3.05. The molecule has 0 saturated carbocycles. The van der Waals surface area contributed by atoms with Crippen LogP contribution in [-0.2, 0) is 9.53 Å². The monoisotopic (exact) mass is 172 g/mol. The normalized spacial score (nSPS) is 21.8.